The number of para-hydroxylation sites is 1. The van der Waals surface area contributed by atoms with E-state index in [4.69, 9.17) is 18.9 Å². The van der Waals surface area contributed by atoms with Gasteiger partial charge in [-0.15, -0.1) is 0 Å². The summed E-state index contributed by atoms with van der Waals surface area (Å²) in [7, 11) is 1.54. The lowest BCUT2D eigenvalue weighted by Gasteiger charge is -2.09. The fraction of sp³-hybridized carbons (Fsp3) is 0.176. The molecule has 0 aliphatic carbocycles. The first-order valence-electron chi connectivity index (χ1n) is 6.94. The highest BCUT2D eigenvalue weighted by atomic mass is 16.7. The zero-order chi connectivity index (χ0) is 16.7. The molecule has 2 aromatic carbocycles. The highest BCUT2D eigenvalue weighted by molar-refractivity contribution is 5.93. The third-order valence-corrected chi connectivity index (χ3v) is 2.84. The van der Waals surface area contributed by atoms with Gasteiger partial charge in [-0.3, -0.25) is 0 Å². The number of methoxy groups -OCH3 is 1. The Hall–Kier alpha value is -3.02. The van der Waals surface area contributed by atoms with E-state index in [9.17, 15) is 9.59 Å². The Morgan fingerprint density at radius 3 is 2.22 bits per heavy atom. The number of benzene rings is 2. The molecule has 0 amide bonds. The summed E-state index contributed by atoms with van der Waals surface area (Å²) in [4.78, 5) is 23.6. The van der Waals surface area contributed by atoms with E-state index in [1.807, 2.05) is 0 Å². The maximum absolute atomic E-state index is 11.8. The molecule has 23 heavy (non-hydrogen) atoms. The number of carbonyl (C=O) groups excluding carboxylic acids is 2. The van der Waals surface area contributed by atoms with Crippen LogP contribution in [0.5, 0.6) is 17.2 Å². The van der Waals surface area contributed by atoms with Crippen molar-refractivity contribution >= 4 is 12.1 Å². The second-order valence-electron chi connectivity index (χ2n) is 4.35. The van der Waals surface area contributed by atoms with Gasteiger partial charge in [0.2, 0.25) is 0 Å². The molecule has 0 saturated heterocycles. The van der Waals surface area contributed by atoms with Crippen LogP contribution < -0.4 is 14.2 Å². The first-order valence-corrected chi connectivity index (χ1v) is 6.94. The fourth-order valence-electron chi connectivity index (χ4n) is 1.78. The topological polar surface area (TPSA) is 71.1 Å². The molecule has 6 nitrogen and oxygen atoms in total. The molecule has 0 spiro atoms. The van der Waals surface area contributed by atoms with Crippen LogP contribution in [0.1, 0.15) is 17.3 Å². The Kier molecular flexibility index (Phi) is 5.57. The SMILES string of the molecule is CCOC(=O)c1ccccc1OC(=O)Oc1ccc(OC)cc1. The van der Waals surface area contributed by atoms with E-state index >= 15 is 0 Å². The molecule has 0 bridgehead atoms. The number of hydrogen-bond acceptors (Lipinski definition) is 6. The Morgan fingerprint density at radius 1 is 0.913 bits per heavy atom. The van der Waals surface area contributed by atoms with Crippen LogP contribution in [-0.4, -0.2) is 25.8 Å². The van der Waals surface area contributed by atoms with E-state index in [1.54, 1.807) is 43.3 Å². The van der Waals surface area contributed by atoms with Crippen molar-refractivity contribution in [2.24, 2.45) is 0 Å². The van der Waals surface area contributed by atoms with Crippen molar-refractivity contribution in [2.45, 2.75) is 6.92 Å². The van der Waals surface area contributed by atoms with Crippen molar-refractivity contribution in [1.82, 2.24) is 0 Å². The summed E-state index contributed by atoms with van der Waals surface area (Å²) in [6, 6.07) is 12.7. The molecule has 0 aliphatic rings. The number of carbonyl (C=O) groups is 2. The first-order chi connectivity index (χ1) is 11.1. The standard InChI is InChI=1S/C17H16O6/c1-3-21-16(18)14-6-4-5-7-15(14)23-17(19)22-13-10-8-12(20-2)9-11-13/h4-11H,3H2,1-2H3. The lowest BCUT2D eigenvalue weighted by molar-refractivity contribution is 0.0522. The predicted molar refractivity (Wildman–Crippen MR) is 82.0 cm³/mol. The van der Waals surface area contributed by atoms with Gasteiger partial charge in [0.05, 0.1) is 13.7 Å². The highest BCUT2D eigenvalue weighted by Gasteiger charge is 2.17. The molecular formula is C17H16O6. The normalized spacial score (nSPS) is 9.83. The quantitative estimate of drug-likeness (QED) is 0.621. The maximum atomic E-state index is 11.8. The average Bonchev–Trinajstić information content (AvgIpc) is 2.56. The third-order valence-electron chi connectivity index (χ3n) is 2.84. The molecule has 2 aromatic rings. The Labute approximate surface area is 133 Å². The monoisotopic (exact) mass is 316 g/mol. The first kappa shape index (κ1) is 16.4. The second kappa shape index (κ2) is 7.84. The summed E-state index contributed by atoms with van der Waals surface area (Å²) in [6.07, 6.45) is -0.952. The number of rotatable bonds is 5. The van der Waals surface area contributed by atoms with Gasteiger partial charge in [-0.1, -0.05) is 12.1 Å². The molecule has 2 rings (SSSR count). The molecule has 0 heterocycles. The van der Waals surface area contributed by atoms with Gasteiger partial charge in [0.25, 0.3) is 0 Å². The fourth-order valence-corrected chi connectivity index (χ4v) is 1.78. The van der Waals surface area contributed by atoms with Crippen LogP contribution in [0.15, 0.2) is 48.5 Å². The average molecular weight is 316 g/mol. The van der Waals surface area contributed by atoms with Gasteiger partial charge in [0, 0.05) is 0 Å². The van der Waals surface area contributed by atoms with E-state index in [0.29, 0.717) is 11.5 Å². The Bertz CT molecular complexity index is 678. The molecule has 120 valence electrons. The van der Waals surface area contributed by atoms with Crippen molar-refractivity contribution in [1.29, 1.82) is 0 Å². The van der Waals surface area contributed by atoms with Crippen LogP contribution in [0.2, 0.25) is 0 Å². The van der Waals surface area contributed by atoms with Crippen LogP contribution in [0.4, 0.5) is 4.79 Å². The smallest absolute Gasteiger partial charge is 0.497 e. The molecule has 0 radical (unpaired) electrons. The van der Waals surface area contributed by atoms with E-state index in [2.05, 4.69) is 0 Å². The molecule has 0 aromatic heterocycles. The largest absolute Gasteiger partial charge is 0.519 e. The van der Waals surface area contributed by atoms with E-state index in [0.717, 1.165) is 0 Å². The van der Waals surface area contributed by atoms with Gasteiger partial charge >= 0.3 is 12.1 Å². The molecule has 0 atom stereocenters. The van der Waals surface area contributed by atoms with Crippen LogP contribution >= 0.6 is 0 Å². The van der Waals surface area contributed by atoms with Gasteiger partial charge in [-0.25, -0.2) is 9.59 Å². The lowest BCUT2D eigenvalue weighted by atomic mass is 10.2. The van der Waals surface area contributed by atoms with Crippen molar-refractivity contribution in [3.05, 3.63) is 54.1 Å². The summed E-state index contributed by atoms with van der Waals surface area (Å²) in [5.74, 6) is 0.438. The van der Waals surface area contributed by atoms with E-state index < -0.39 is 12.1 Å². The number of hydrogen-bond donors (Lipinski definition) is 0. The predicted octanol–water partition coefficient (Wildman–Crippen LogP) is 3.45. The van der Waals surface area contributed by atoms with E-state index in [1.165, 1.54) is 19.2 Å². The number of esters is 1. The molecule has 6 heteroatoms. The summed E-state index contributed by atoms with van der Waals surface area (Å²) in [6.45, 7) is 1.92. The minimum Gasteiger partial charge on any atom is -0.497 e. The lowest BCUT2D eigenvalue weighted by Crippen LogP contribution is -2.16. The zero-order valence-electron chi connectivity index (χ0n) is 12.8. The van der Waals surface area contributed by atoms with Gasteiger partial charge in [0.15, 0.2) is 0 Å². The minimum absolute atomic E-state index is 0.0736. The molecular weight excluding hydrogens is 300 g/mol. The molecule has 0 fully saturated rings. The van der Waals surface area contributed by atoms with Crippen molar-refractivity contribution in [2.75, 3.05) is 13.7 Å². The van der Waals surface area contributed by atoms with Crippen molar-refractivity contribution in [3.63, 3.8) is 0 Å². The summed E-state index contributed by atoms with van der Waals surface area (Å²) < 4.78 is 20.0. The number of ether oxygens (including phenoxy) is 4. The van der Waals surface area contributed by atoms with Gasteiger partial charge in [0.1, 0.15) is 22.8 Å². The van der Waals surface area contributed by atoms with Crippen molar-refractivity contribution < 1.29 is 28.5 Å². The Balaban J connectivity index is 2.06. The van der Waals surface area contributed by atoms with Crippen LogP contribution in [0.25, 0.3) is 0 Å². The zero-order valence-corrected chi connectivity index (χ0v) is 12.8. The molecule has 0 N–H and O–H groups in total. The molecule has 0 saturated carbocycles. The second-order valence-corrected chi connectivity index (χ2v) is 4.35. The van der Waals surface area contributed by atoms with E-state index in [-0.39, 0.29) is 17.9 Å². The van der Waals surface area contributed by atoms with Crippen LogP contribution in [-0.2, 0) is 4.74 Å². The summed E-state index contributed by atoms with van der Waals surface area (Å²) in [5, 5.41) is 0. The Morgan fingerprint density at radius 2 is 1.57 bits per heavy atom. The minimum atomic E-state index is -0.952. The van der Waals surface area contributed by atoms with Crippen LogP contribution in [0.3, 0.4) is 0 Å². The third kappa shape index (κ3) is 4.47. The van der Waals surface area contributed by atoms with Crippen molar-refractivity contribution in [3.8, 4) is 17.2 Å². The molecule has 0 unspecified atom stereocenters. The maximum Gasteiger partial charge on any atom is 0.519 e. The van der Waals surface area contributed by atoms with Gasteiger partial charge in [-0.05, 0) is 43.3 Å². The summed E-state index contributed by atoms with van der Waals surface area (Å²) in [5.41, 5.74) is 0.154. The van der Waals surface area contributed by atoms with Gasteiger partial charge in [-0.2, -0.15) is 0 Å². The molecule has 0 aliphatic heterocycles. The highest BCUT2D eigenvalue weighted by Crippen LogP contribution is 2.21. The van der Waals surface area contributed by atoms with Crippen LogP contribution in [0, 0.1) is 0 Å². The van der Waals surface area contributed by atoms with Gasteiger partial charge < -0.3 is 18.9 Å². The summed E-state index contributed by atoms with van der Waals surface area (Å²) >= 11 is 0.